The zero-order valence-electron chi connectivity index (χ0n) is 13.3. The number of benzene rings is 2. The minimum Gasteiger partial charge on any atom is -0.496 e. The van der Waals surface area contributed by atoms with Crippen molar-refractivity contribution < 1.29 is 9.53 Å². The highest BCUT2D eigenvalue weighted by Gasteiger charge is 2.12. The van der Waals surface area contributed by atoms with Crippen molar-refractivity contribution in [2.75, 3.05) is 31.4 Å². The maximum absolute atomic E-state index is 12.2. The van der Waals surface area contributed by atoms with Crippen molar-refractivity contribution >= 4 is 34.6 Å². The fourth-order valence-electron chi connectivity index (χ4n) is 2.01. The van der Waals surface area contributed by atoms with Crippen LogP contribution in [0.4, 0.5) is 11.4 Å². The van der Waals surface area contributed by atoms with Crippen molar-refractivity contribution in [1.82, 2.24) is 5.32 Å². The van der Waals surface area contributed by atoms with Crippen LogP contribution < -0.4 is 20.3 Å². The van der Waals surface area contributed by atoms with Crippen LogP contribution in [0.1, 0.15) is 10.4 Å². The van der Waals surface area contributed by atoms with Gasteiger partial charge in [-0.1, -0.05) is 12.1 Å². The van der Waals surface area contributed by atoms with Gasteiger partial charge in [0.05, 0.1) is 12.7 Å². The lowest BCUT2D eigenvalue weighted by atomic mass is 10.2. The van der Waals surface area contributed by atoms with Gasteiger partial charge in [-0.25, -0.2) is 0 Å². The average molecular weight is 329 g/mol. The first-order chi connectivity index (χ1) is 11.0. The third-order valence-electron chi connectivity index (χ3n) is 3.22. The van der Waals surface area contributed by atoms with Crippen molar-refractivity contribution in [3.05, 3.63) is 54.1 Å². The molecule has 0 spiro atoms. The van der Waals surface area contributed by atoms with Gasteiger partial charge in [-0.3, -0.25) is 10.1 Å². The quantitative estimate of drug-likeness (QED) is 0.845. The smallest absolute Gasteiger partial charge is 0.261 e. The number of nitrogens with zero attached hydrogens (tertiary/aromatic N) is 1. The maximum atomic E-state index is 12.2. The molecule has 0 unspecified atom stereocenters. The Hall–Kier alpha value is -2.60. The molecule has 0 radical (unpaired) electrons. The molecular formula is C17H19N3O2S. The number of amides is 1. The summed E-state index contributed by atoms with van der Waals surface area (Å²) < 4.78 is 5.17. The summed E-state index contributed by atoms with van der Waals surface area (Å²) >= 11 is 5.18. The highest BCUT2D eigenvalue weighted by molar-refractivity contribution is 7.80. The highest BCUT2D eigenvalue weighted by atomic mass is 32.1. The molecule has 0 aliphatic carbocycles. The van der Waals surface area contributed by atoms with Crippen molar-refractivity contribution in [3.8, 4) is 5.75 Å². The topological polar surface area (TPSA) is 53.6 Å². The molecule has 2 N–H and O–H groups in total. The third kappa shape index (κ3) is 4.43. The first-order valence-corrected chi connectivity index (χ1v) is 7.45. The number of rotatable bonds is 4. The van der Waals surface area contributed by atoms with E-state index in [2.05, 4.69) is 10.6 Å². The zero-order chi connectivity index (χ0) is 16.8. The molecule has 0 saturated carbocycles. The van der Waals surface area contributed by atoms with E-state index in [0.29, 0.717) is 11.3 Å². The van der Waals surface area contributed by atoms with Crippen LogP contribution in [0.5, 0.6) is 5.75 Å². The standard InChI is InChI=1S/C17H19N3O2S/c1-20(2)13-10-8-12(9-11-13)18-17(23)19-16(21)14-6-4-5-7-15(14)22-3/h4-11H,1-3H3,(H2,18,19,21,23). The van der Waals surface area contributed by atoms with Crippen molar-refractivity contribution in [1.29, 1.82) is 0 Å². The molecule has 0 aliphatic rings. The van der Waals surface area contributed by atoms with E-state index in [1.54, 1.807) is 24.3 Å². The van der Waals surface area contributed by atoms with Gasteiger partial charge >= 0.3 is 0 Å². The number of para-hydroxylation sites is 1. The lowest BCUT2D eigenvalue weighted by Gasteiger charge is -2.14. The van der Waals surface area contributed by atoms with Gasteiger partial charge in [-0.2, -0.15) is 0 Å². The number of hydrogen-bond donors (Lipinski definition) is 2. The molecule has 23 heavy (non-hydrogen) atoms. The summed E-state index contributed by atoms with van der Waals surface area (Å²) in [6.07, 6.45) is 0. The van der Waals surface area contributed by atoms with Gasteiger partial charge in [-0.15, -0.1) is 0 Å². The van der Waals surface area contributed by atoms with E-state index in [4.69, 9.17) is 17.0 Å². The van der Waals surface area contributed by atoms with E-state index in [1.165, 1.54) is 7.11 Å². The SMILES string of the molecule is COc1ccccc1C(=O)NC(=S)Nc1ccc(N(C)C)cc1. The van der Waals surface area contributed by atoms with E-state index < -0.39 is 0 Å². The Balaban J connectivity index is 2.00. The molecule has 0 fully saturated rings. The number of hydrogen-bond acceptors (Lipinski definition) is 4. The Morgan fingerprint density at radius 3 is 2.35 bits per heavy atom. The molecule has 2 aromatic carbocycles. The van der Waals surface area contributed by atoms with Crippen molar-refractivity contribution in [3.63, 3.8) is 0 Å². The maximum Gasteiger partial charge on any atom is 0.261 e. The molecule has 2 rings (SSSR count). The normalized spacial score (nSPS) is 9.87. The van der Waals surface area contributed by atoms with Gasteiger partial charge in [0.15, 0.2) is 5.11 Å². The first-order valence-electron chi connectivity index (χ1n) is 7.04. The van der Waals surface area contributed by atoms with Crippen LogP contribution in [0.3, 0.4) is 0 Å². The average Bonchev–Trinajstić information content (AvgIpc) is 2.55. The number of carbonyl (C=O) groups is 1. The predicted molar refractivity (Wildman–Crippen MR) is 97.4 cm³/mol. The molecular weight excluding hydrogens is 310 g/mol. The fourth-order valence-corrected chi connectivity index (χ4v) is 2.22. The summed E-state index contributed by atoms with van der Waals surface area (Å²) in [5, 5.41) is 5.87. The number of nitrogens with one attached hydrogen (secondary N) is 2. The molecule has 0 heterocycles. The second-order valence-corrected chi connectivity index (χ2v) is 5.46. The molecule has 5 nitrogen and oxygen atoms in total. The second-order valence-electron chi connectivity index (χ2n) is 5.05. The van der Waals surface area contributed by atoms with Crippen LogP contribution in [-0.4, -0.2) is 32.2 Å². The number of thiocarbonyl (C=S) groups is 1. The van der Waals surface area contributed by atoms with E-state index in [0.717, 1.165) is 11.4 Å². The number of carbonyl (C=O) groups excluding carboxylic acids is 1. The summed E-state index contributed by atoms with van der Waals surface area (Å²) in [5.74, 6) is 0.188. The van der Waals surface area contributed by atoms with Crippen LogP contribution in [-0.2, 0) is 0 Å². The predicted octanol–water partition coefficient (Wildman–Crippen LogP) is 2.89. The van der Waals surface area contributed by atoms with Crippen LogP contribution in [0.15, 0.2) is 48.5 Å². The highest BCUT2D eigenvalue weighted by Crippen LogP contribution is 2.17. The lowest BCUT2D eigenvalue weighted by Crippen LogP contribution is -2.34. The molecule has 0 aliphatic heterocycles. The van der Waals surface area contributed by atoms with Gasteiger partial charge in [0.25, 0.3) is 5.91 Å². The Morgan fingerprint density at radius 2 is 1.74 bits per heavy atom. The van der Waals surface area contributed by atoms with Crippen LogP contribution >= 0.6 is 12.2 Å². The van der Waals surface area contributed by atoms with E-state index in [-0.39, 0.29) is 11.0 Å². The van der Waals surface area contributed by atoms with Crippen LogP contribution in [0.2, 0.25) is 0 Å². The number of methoxy groups -OCH3 is 1. The van der Waals surface area contributed by atoms with Gasteiger partial charge in [0, 0.05) is 25.5 Å². The minimum absolute atomic E-state index is 0.235. The molecule has 6 heteroatoms. The monoisotopic (exact) mass is 329 g/mol. The first kappa shape index (κ1) is 16.8. The molecule has 0 saturated heterocycles. The summed E-state index contributed by atoms with van der Waals surface area (Å²) in [5.41, 5.74) is 2.32. The van der Waals surface area contributed by atoms with Gasteiger partial charge in [-0.05, 0) is 48.6 Å². The van der Waals surface area contributed by atoms with E-state index in [1.807, 2.05) is 43.3 Å². The molecule has 0 bridgehead atoms. The Bertz CT molecular complexity index is 699. The van der Waals surface area contributed by atoms with Gasteiger partial charge in [0.1, 0.15) is 5.75 Å². The summed E-state index contributed by atoms with van der Waals surface area (Å²) in [7, 11) is 5.47. The summed E-state index contributed by atoms with van der Waals surface area (Å²) in [4.78, 5) is 14.2. The molecule has 2 aromatic rings. The summed E-state index contributed by atoms with van der Waals surface area (Å²) in [6.45, 7) is 0. The lowest BCUT2D eigenvalue weighted by molar-refractivity contribution is 0.0975. The van der Waals surface area contributed by atoms with Crippen LogP contribution in [0.25, 0.3) is 0 Å². The molecule has 0 atom stereocenters. The Kier molecular flexibility index (Phi) is 5.54. The Labute approximate surface area is 141 Å². The van der Waals surface area contributed by atoms with Crippen LogP contribution in [0, 0.1) is 0 Å². The molecule has 120 valence electrons. The van der Waals surface area contributed by atoms with Crippen molar-refractivity contribution in [2.45, 2.75) is 0 Å². The number of ether oxygens (including phenoxy) is 1. The Morgan fingerprint density at radius 1 is 1.09 bits per heavy atom. The van der Waals surface area contributed by atoms with Crippen molar-refractivity contribution in [2.24, 2.45) is 0 Å². The van der Waals surface area contributed by atoms with E-state index in [9.17, 15) is 4.79 Å². The largest absolute Gasteiger partial charge is 0.496 e. The minimum atomic E-state index is -0.315. The third-order valence-corrected chi connectivity index (χ3v) is 3.42. The number of anilines is 2. The summed E-state index contributed by atoms with van der Waals surface area (Å²) in [6, 6.07) is 14.7. The fraction of sp³-hybridized carbons (Fsp3) is 0.176. The second kappa shape index (κ2) is 7.60. The van der Waals surface area contributed by atoms with Gasteiger partial charge in [0.2, 0.25) is 0 Å². The molecule has 0 aromatic heterocycles. The molecule has 1 amide bonds. The van der Waals surface area contributed by atoms with E-state index >= 15 is 0 Å². The zero-order valence-corrected chi connectivity index (χ0v) is 14.1. The van der Waals surface area contributed by atoms with Gasteiger partial charge < -0.3 is 15.0 Å².